The second-order valence-electron chi connectivity index (χ2n) is 5.41. The number of halogens is 2. The second-order valence-corrected chi connectivity index (χ2v) is 5.41. The monoisotopic (exact) mass is 269 g/mol. The van der Waals surface area contributed by atoms with Gasteiger partial charge in [-0.15, -0.1) is 0 Å². The lowest BCUT2D eigenvalue weighted by molar-refractivity contribution is 0.0476. The summed E-state index contributed by atoms with van der Waals surface area (Å²) < 4.78 is 33.1. The van der Waals surface area contributed by atoms with E-state index in [0.717, 1.165) is 6.07 Å². The minimum atomic E-state index is -0.413. The summed E-state index contributed by atoms with van der Waals surface area (Å²) in [4.78, 5) is 0. The maximum absolute atomic E-state index is 14.0. The van der Waals surface area contributed by atoms with Crippen molar-refractivity contribution in [2.45, 2.75) is 39.0 Å². The predicted octanol–water partition coefficient (Wildman–Crippen LogP) is 3.28. The van der Waals surface area contributed by atoms with E-state index >= 15 is 0 Å². The standard InChI is InChI=1S/C15H21F2NO/c1-8-9(2)19-10(3)14(8)15(18-4)12-7-11(16)5-6-13(12)17/h5-10,14-15,18H,1-4H3. The van der Waals surface area contributed by atoms with E-state index in [0.29, 0.717) is 5.56 Å². The van der Waals surface area contributed by atoms with Crippen LogP contribution in [0.4, 0.5) is 8.78 Å². The average Bonchev–Trinajstić information content (AvgIpc) is 2.61. The normalized spacial score (nSPS) is 32.5. The van der Waals surface area contributed by atoms with E-state index in [9.17, 15) is 8.78 Å². The van der Waals surface area contributed by atoms with Crippen LogP contribution in [0.1, 0.15) is 32.4 Å². The maximum Gasteiger partial charge on any atom is 0.128 e. The Hall–Kier alpha value is -1.00. The highest BCUT2D eigenvalue weighted by atomic mass is 19.1. The Bertz CT molecular complexity index is 452. The summed E-state index contributed by atoms with van der Waals surface area (Å²) in [5.41, 5.74) is 0.379. The summed E-state index contributed by atoms with van der Waals surface area (Å²) in [7, 11) is 1.78. The quantitative estimate of drug-likeness (QED) is 0.909. The van der Waals surface area contributed by atoms with Crippen LogP contribution in [-0.4, -0.2) is 19.3 Å². The van der Waals surface area contributed by atoms with Gasteiger partial charge in [-0.3, -0.25) is 0 Å². The summed E-state index contributed by atoms with van der Waals surface area (Å²) >= 11 is 0. The number of hydrogen-bond acceptors (Lipinski definition) is 2. The summed E-state index contributed by atoms with van der Waals surface area (Å²) in [6.45, 7) is 6.11. The van der Waals surface area contributed by atoms with Crippen molar-refractivity contribution >= 4 is 0 Å². The van der Waals surface area contributed by atoms with Crippen LogP contribution in [0.2, 0.25) is 0 Å². The van der Waals surface area contributed by atoms with Crippen molar-refractivity contribution in [1.82, 2.24) is 5.32 Å². The second kappa shape index (κ2) is 5.55. The van der Waals surface area contributed by atoms with Gasteiger partial charge in [0.1, 0.15) is 11.6 Å². The topological polar surface area (TPSA) is 21.3 Å². The van der Waals surface area contributed by atoms with E-state index in [1.807, 2.05) is 13.8 Å². The van der Waals surface area contributed by atoms with Gasteiger partial charge in [0.05, 0.1) is 12.2 Å². The number of ether oxygens (including phenoxy) is 1. The van der Waals surface area contributed by atoms with Gasteiger partial charge in [-0.2, -0.15) is 0 Å². The van der Waals surface area contributed by atoms with E-state index in [1.54, 1.807) is 7.05 Å². The van der Waals surface area contributed by atoms with Crippen molar-refractivity contribution in [3.63, 3.8) is 0 Å². The van der Waals surface area contributed by atoms with Crippen LogP contribution in [0.3, 0.4) is 0 Å². The van der Waals surface area contributed by atoms with Gasteiger partial charge in [0, 0.05) is 17.5 Å². The maximum atomic E-state index is 14.0. The Morgan fingerprint density at radius 3 is 2.37 bits per heavy atom. The number of benzene rings is 1. The molecule has 1 saturated heterocycles. The van der Waals surface area contributed by atoms with E-state index < -0.39 is 5.82 Å². The van der Waals surface area contributed by atoms with Gasteiger partial charge >= 0.3 is 0 Å². The molecule has 1 N–H and O–H groups in total. The zero-order valence-electron chi connectivity index (χ0n) is 11.8. The molecule has 0 aromatic heterocycles. The summed E-state index contributed by atoms with van der Waals surface area (Å²) in [6, 6.07) is 3.36. The fourth-order valence-electron chi connectivity index (χ4n) is 3.18. The molecule has 0 radical (unpaired) electrons. The van der Waals surface area contributed by atoms with Crippen LogP contribution >= 0.6 is 0 Å². The third kappa shape index (κ3) is 2.65. The Morgan fingerprint density at radius 1 is 1.16 bits per heavy atom. The van der Waals surface area contributed by atoms with Crippen molar-refractivity contribution in [2.24, 2.45) is 11.8 Å². The molecule has 2 nitrogen and oxygen atoms in total. The molecule has 0 bridgehead atoms. The summed E-state index contributed by atoms with van der Waals surface area (Å²) in [5.74, 6) is -0.380. The molecule has 1 aliphatic rings. The molecule has 1 aromatic rings. The first-order valence-corrected chi connectivity index (χ1v) is 6.73. The van der Waals surface area contributed by atoms with Gasteiger partial charge < -0.3 is 10.1 Å². The Morgan fingerprint density at radius 2 is 1.84 bits per heavy atom. The van der Waals surface area contributed by atoms with Crippen molar-refractivity contribution in [3.8, 4) is 0 Å². The van der Waals surface area contributed by atoms with E-state index in [-0.39, 0.29) is 35.9 Å². The smallest absolute Gasteiger partial charge is 0.128 e. The molecule has 5 atom stereocenters. The zero-order valence-corrected chi connectivity index (χ0v) is 11.8. The molecule has 5 unspecified atom stereocenters. The largest absolute Gasteiger partial charge is 0.375 e. The van der Waals surface area contributed by atoms with Crippen LogP contribution in [0.15, 0.2) is 18.2 Å². The Labute approximate surface area is 113 Å². The third-order valence-corrected chi connectivity index (χ3v) is 4.31. The Balaban J connectivity index is 2.37. The fourth-order valence-corrected chi connectivity index (χ4v) is 3.18. The molecule has 1 heterocycles. The van der Waals surface area contributed by atoms with Gasteiger partial charge in [0.25, 0.3) is 0 Å². The lowest BCUT2D eigenvalue weighted by atomic mass is 9.80. The molecule has 4 heteroatoms. The van der Waals surface area contributed by atoms with E-state index in [4.69, 9.17) is 4.74 Å². The summed E-state index contributed by atoms with van der Waals surface area (Å²) in [5, 5.41) is 3.12. The first kappa shape index (κ1) is 14.4. The van der Waals surface area contributed by atoms with Crippen LogP contribution in [-0.2, 0) is 4.74 Å². The lowest BCUT2D eigenvalue weighted by Crippen LogP contribution is -2.33. The number of nitrogens with one attached hydrogen (secondary N) is 1. The molecule has 1 fully saturated rings. The minimum Gasteiger partial charge on any atom is -0.375 e. The van der Waals surface area contributed by atoms with Crippen LogP contribution < -0.4 is 5.32 Å². The van der Waals surface area contributed by atoms with Crippen LogP contribution in [0, 0.1) is 23.5 Å². The van der Waals surface area contributed by atoms with Crippen molar-refractivity contribution in [2.75, 3.05) is 7.05 Å². The van der Waals surface area contributed by atoms with Gasteiger partial charge in [0.15, 0.2) is 0 Å². The molecule has 0 amide bonds. The van der Waals surface area contributed by atoms with E-state index in [2.05, 4.69) is 12.2 Å². The molecule has 19 heavy (non-hydrogen) atoms. The first-order chi connectivity index (χ1) is 8.95. The minimum absolute atomic E-state index is 0.0186. The van der Waals surface area contributed by atoms with Gasteiger partial charge in [-0.1, -0.05) is 6.92 Å². The summed E-state index contributed by atoms with van der Waals surface area (Å²) in [6.07, 6.45) is 0.151. The van der Waals surface area contributed by atoms with Gasteiger partial charge in [-0.05, 0) is 45.0 Å². The first-order valence-electron chi connectivity index (χ1n) is 6.73. The van der Waals surface area contributed by atoms with Crippen molar-refractivity contribution in [1.29, 1.82) is 0 Å². The van der Waals surface area contributed by atoms with Crippen molar-refractivity contribution < 1.29 is 13.5 Å². The molecule has 0 saturated carbocycles. The predicted molar refractivity (Wildman–Crippen MR) is 70.8 cm³/mol. The zero-order chi connectivity index (χ0) is 14.2. The van der Waals surface area contributed by atoms with Gasteiger partial charge in [-0.25, -0.2) is 8.78 Å². The molecular formula is C15H21F2NO. The molecule has 1 aliphatic heterocycles. The number of rotatable bonds is 3. The Kier molecular flexibility index (Phi) is 4.21. The highest BCUT2D eigenvalue weighted by Gasteiger charge is 2.42. The van der Waals surface area contributed by atoms with Crippen LogP contribution in [0.25, 0.3) is 0 Å². The fraction of sp³-hybridized carbons (Fsp3) is 0.600. The average molecular weight is 269 g/mol. The molecular weight excluding hydrogens is 248 g/mol. The third-order valence-electron chi connectivity index (χ3n) is 4.31. The number of hydrogen-bond donors (Lipinski definition) is 1. The lowest BCUT2D eigenvalue weighted by Gasteiger charge is -2.29. The SMILES string of the molecule is CNC(c1cc(F)ccc1F)C1C(C)OC(C)C1C. The molecule has 0 aliphatic carbocycles. The van der Waals surface area contributed by atoms with E-state index in [1.165, 1.54) is 12.1 Å². The molecule has 106 valence electrons. The highest BCUT2D eigenvalue weighted by molar-refractivity contribution is 5.24. The van der Waals surface area contributed by atoms with Gasteiger partial charge in [0.2, 0.25) is 0 Å². The van der Waals surface area contributed by atoms with Crippen LogP contribution in [0.5, 0.6) is 0 Å². The molecule has 0 spiro atoms. The van der Waals surface area contributed by atoms with Crippen molar-refractivity contribution in [3.05, 3.63) is 35.4 Å². The molecule has 2 rings (SSSR count). The molecule has 1 aromatic carbocycles. The highest BCUT2D eigenvalue weighted by Crippen LogP contribution is 2.41.